The fraction of sp³-hybridized carbons (Fsp3) is 0.706. The molecule has 0 aromatic rings. The molecule has 1 atom stereocenters. The molecule has 0 aliphatic heterocycles. The van der Waals surface area contributed by atoms with Crippen LogP contribution in [0, 0.1) is 5.92 Å². The van der Waals surface area contributed by atoms with Crippen LogP contribution >= 0.6 is 0 Å². The van der Waals surface area contributed by atoms with Gasteiger partial charge in [0, 0.05) is 6.42 Å². The molecule has 0 saturated heterocycles. The number of nitrogens with one attached hydrogen (secondary N) is 1. The van der Waals surface area contributed by atoms with Gasteiger partial charge in [0.05, 0.1) is 0 Å². The van der Waals surface area contributed by atoms with Crippen molar-refractivity contribution in [2.75, 3.05) is 6.54 Å². The number of unbranched alkanes of at least 4 members (excludes halogenated alkanes) is 2. The summed E-state index contributed by atoms with van der Waals surface area (Å²) >= 11 is 1.40. The van der Waals surface area contributed by atoms with Crippen molar-refractivity contribution < 1.29 is 48.7 Å². The number of carbonyl (C=O) groups is 4. The number of hydrogen-bond acceptors (Lipinski definition) is 4. The number of amides is 1. The Morgan fingerprint density at radius 3 is 2.32 bits per heavy atom. The van der Waals surface area contributed by atoms with Crippen LogP contribution in [0.15, 0.2) is 0 Å². The zero-order valence-corrected chi connectivity index (χ0v) is 17.3. The maximum absolute atomic E-state index is 11.7. The molecule has 0 bridgehead atoms. The topological polar surface area (TPSA) is 121 Å². The summed E-state index contributed by atoms with van der Waals surface area (Å²) in [4.78, 5) is 43.7. The average molecular weight is 525 g/mol. The molecule has 3 N–H and O–H groups in total. The molecular formula is C17H27NO6W. The van der Waals surface area contributed by atoms with Crippen molar-refractivity contribution in [2.45, 2.75) is 64.2 Å². The van der Waals surface area contributed by atoms with E-state index in [0.717, 1.165) is 38.4 Å². The van der Waals surface area contributed by atoms with E-state index in [4.69, 9.17) is 5.11 Å². The Hall–Kier alpha value is -1.36. The Bertz CT molecular complexity index is 466. The van der Waals surface area contributed by atoms with Crippen LogP contribution in [0.25, 0.3) is 0 Å². The van der Waals surface area contributed by atoms with E-state index in [-0.39, 0.29) is 25.3 Å². The molecular weight excluding hydrogens is 498 g/mol. The molecule has 0 aliphatic carbocycles. The maximum atomic E-state index is 11.7. The van der Waals surface area contributed by atoms with Crippen LogP contribution in [0.4, 0.5) is 0 Å². The monoisotopic (exact) mass is 525 g/mol. The minimum atomic E-state index is -0.973. The fourth-order valence-electron chi connectivity index (χ4n) is 2.31. The van der Waals surface area contributed by atoms with E-state index >= 15 is 0 Å². The summed E-state index contributed by atoms with van der Waals surface area (Å²) < 4.78 is 1.36. The van der Waals surface area contributed by atoms with Crippen LogP contribution < -0.4 is 5.32 Å². The van der Waals surface area contributed by atoms with Gasteiger partial charge in [0.1, 0.15) is 0 Å². The second-order valence-corrected chi connectivity index (χ2v) is 8.00. The third-order valence-electron chi connectivity index (χ3n) is 3.72. The van der Waals surface area contributed by atoms with Gasteiger partial charge in [-0.1, -0.05) is 0 Å². The van der Waals surface area contributed by atoms with E-state index in [1.54, 1.807) is 0 Å². The molecule has 0 unspecified atom stereocenters. The van der Waals surface area contributed by atoms with Crippen molar-refractivity contribution >= 4 is 28.0 Å². The Kier molecular flexibility index (Phi) is 14.1. The number of carbonyl (C=O) groups excluding carboxylic acids is 2. The second kappa shape index (κ2) is 14.9. The molecule has 0 heterocycles. The van der Waals surface area contributed by atoms with E-state index in [9.17, 15) is 24.3 Å². The van der Waals surface area contributed by atoms with E-state index in [1.165, 1.54) is 23.3 Å². The molecule has 25 heavy (non-hydrogen) atoms. The summed E-state index contributed by atoms with van der Waals surface area (Å²) in [5.74, 6) is -2.94. The van der Waals surface area contributed by atoms with Gasteiger partial charge in [-0.15, -0.1) is 0 Å². The van der Waals surface area contributed by atoms with Crippen LogP contribution in [-0.2, 0) is 38.5 Å². The van der Waals surface area contributed by atoms with Crippen LogP contribution in [0.2, 0.25) is 0 Å². The Labute approximate surface area is 159 Å². The summed E-state index contributed by atoms with van der Waals surface area (Å²) in [6.07, 6.45) is 6.65. The van der Waals surface area contributed by atoms with Crippen LogP contribution in [0.3, 0.4) is 0 Å². The molecule has 0 radical (unpaired) electrons. The molecule has 1 amide bonds. The van der Waals surface area contributed by atoms with Crippen LogP contribution in [-0.4, -0.2) is 44.8 Å². The van der Waals surface area contributed by atoms with Gasteiger partial charge in [-0.25, -0.2) is 0 Å². The number of aldehydes is 1. The SMILES string of the molecule is O=CCC[C](=[W])CCCCC[C@H](CC(=O)NCCCC(=O)O)C(=O)O. The van der Waals surface area contributed by atoms with Gasteiger partial charge < -0.3 is 5.11 Å². The fourth-order valence-corrected chi connectivity index (χ4v) is 3.25. The Morgan fingerprint density at radius 1 is 1.00 bits per heavy atom. The molecule has 142 valence electrons. The molecule has 0 rings (SSSR count). The molecule has 0 fully saturated rings. The van der Waals surface area contributed by atoms with Crippen molar-refractivity contribution in [2.24, 2.45) is 5.92 Å². The van der Waals surface area contributed by atoms with Crippen molar-refractivity contribution in [3.8, 4) is 0 Å². The van der Waals surface area contributed by atoms with Crippen molar-refractivity contribution in [3.63, 3.8) is 0 Å². The van der Waals surface area contributed by atoms with Crippen molar-refractivity contribution in [1.29, 1.82) is 0 Å². The molecule has 0 spiro atoms. The van der Waals surface area contributed by atoms with Crippen molar-refractivity contribution in [3.05, 3.63) is 0 Å². The molecule has 8 heteroatoms. The summed E-state index contributed by atoms with van der Waals surface area (Å²) in [7, 11) is 0. The van der Waals surface area contributed by atoms with E-state index in [2.05, 4.69) is 5.32 Å². The average Bonchev–Trinajstić information content (AvgIpc) is 2.55. The summed E-state index contributed by atoms with van der Waals surface area (Å²) in [5.41, 5.74) is 0. The first-order valence-corrected chi connectivity index (χ1v) is 10.00. The van der Waals surface area contributed by atoms with E-state index in [0.29, 0.717) is 19.3 Å². The Balaban J connectivity index is 3.92. The summed E-state index contributed by atoms with van der Waals surface area (Å²) in [6.45, 7) is 0.246. The van der Waals surface area contributed by atoms with Gasteiger partial charge in [0.2, 0.25) is 0 Å². The molecule has 0 aliphatic rings. The number of rotatable bonds is 16. The van der Waals surface area contributed by atoms with Gasteiger partial charge in [-0.3, -0.25) is 4.79 Å². The number of carboxylic acids is 2. The molecule has 0 aromatic heterocycles. The molecule has 0 aromatic carbocycles. The van der Waals surface area contributed by atoms with Gasteiger partial charge in [-0.2, -0.15) is 0 Å². The zero-order valence-electron chi connectivity index (χ0n) is 14.4. The third kappa shape index (κ3) is 14.7. The van der Waals surface area contributed by atoms with Gasteiger partial charge >= 0.3 is 142 Å². The quantitative estimate of drug-likeness (QED) is 0.209. The standard InChI is InChI=1S/C17H27NO6.W/c19-12-7-5-3-1-2-4-6-9-14(17(23)24)13-15(20)18-11-8-10-16(21)22;/h12,14H,1-2,4-11,13H2,(H,18,20)(H,21,22)(H,23,24);/t14-;/m1./s1. The normalized spacial score (nSPS) is 11.5. The first kappa shape index (κ1) is 23.6. The number of aliphatic carboxylic acids is 2. The summed E-state index contributed by atoms with van der Waals surface area (Å²) in [5, 5.41) is 20.3. The first-order valence-electron chi connectivity index (χ1n) is 8.53. The van der Waals surface area contributed by atoms with Crippen LogP contribution in [0.5, 0.6) is 0 Å². The van der Waals surface area contributed by atoms with Gasteiger partial charge in [0.15, 0.2) is 0 Å². The van der Waals surface area contributed by atoms with Crippen molar-refractivity contribution in [1.82, 2.24) is 5.32 Å². The Morgan fingerprint density at radius 2 is 1.72 bits per heavy atom. The van der Waals surface area contributed by atoms with E-state index in [1.807, 2.05) is 0 Å². The first-order chi connectivity index (χ1) is 11.9. The third-order valence-corrected chi connectivity index (χ3v) is 5.19. The van der Waals surface area contributed by atoms with E-state index < -0.39 is 17.9 Å². The number of carboxylic acid groups (broad SMARTS) is 2. The second-order valence-electron chi connectivity index (χ2n) is 5.93. The molecule has 0 saturated carbocycles. The van der Waals surface area contributed by atoms with Gasteiger partial charge in [0.25, 0.3) is 0 Å². The predicted molar refractivity (Wildman–Crippen MR) is 89.0 cm³/mol. The molecule has 7 nitrogen and oxygen atoms in total. The number of hydrogen-bond donors (Lipinski definition) is 3. The summed E-state index contributed by atoms with van der Waals surface area (Å²) in [6, 6.07) is 0. The predicted octanol–water partition coefficient (Wildman–Crippen LogP) is 1.71. The minimum absolute atomic E-state index is 0.0202. The van der Waals surface area contributed by atoms with Gasteiger partial charge in [-0.05, 0) is 0 Å². The zero-order chi connectivity index (χ0) is 19.1. The van der Waals surface area contributed by atoms with Crippen LogP contribution in [0.1, 0.15) is 64.2 Å².